The Hall–Kier alpha value is -3.33. The average molecular weight is 399 g/mol. The molecule has 2 heterocycles. The van der Waals surface area contributed by atoms with Gasteiger partial charge in [-0.3, -0.25) is 14.3 Å². The van der Waals surface area contributed by atoms with Crippen molar-refractivity contribution in [2.24, 2.45) is 12.8 Å². The number of anilines is 1. The van der Waals surface area contributed by atoms with Crippen molar-refractivity contribution in [1.82, 2.24) is 14.7 Å². The van der Waals surface area contributed by atoms with Gasteiger partial charge < -0.3 is 16.4 Å². The zero-order valence-corrected chi connectivity index (χ0v) is 16.3. The maximum Gasteiger partial charge on any atom is 0.312 e. The molecule has 1 atom stereocenters. The summed E-state index contributed by atoms with van der Waals surface area (Å²) in [5, 5.41) is 7.12. The number of hydrogen-bond donors (Lipinski definition) is 3. The van der Waals surface area contributed by atoms with E-state index in [0.717, 1.165) is 4.88 Å². The standard InChI is InChI=1S/C19H21N5O3S/c1-12-17(18(26)24(23(12)2)13-7-4-3-5-8-13)22-16(25)11-14(21-19(20)27)15-9-6-10-28-15/h3-10,14H,11H2,1-2H3,(H,22,25)(H3,20,21,27). The van der Waals surface area contributed by atoms with Crippen LogP contribution in [0.4, 0.5) is 10.5 Å². The van der Waals surface area contributed by atoms with Crippen LogP contribution in [-0.4, -0.2) is 21.3 Å². The Morgan fingerprint density at radius 1 is 1.18 bits per heavy atom. The second-order valence-electron chi connectivity index (χ2n) is 6.27. The summed E-state index contributed by atoms with van der Waals surface area (Å²) in [6, 6.07) is 11.5. The van der Waals surface area contributed by atoms with Crippen molar-refractivity contribution in [2.75, 3.05) is 5.32 Å². The molecule has 0 saturated heterocycles. The number of amides is 3. The average Bonchev–Trinajstić information content (AvgIpc) is 3.26. The van der Waals surface area contributed by atoms with E-state index in [1.807, 2.05) is 47.8 Å². The van der Waals surface area contributed by atoms with Crippen molar-refractivity contribution >= 4 is 29.0 Å². The van der Waals surface area contributed by atoms with E-state index in [2.05, 4.69) is 10.6 Å². The van der Waals surface area contributed by atoms with Gasteiger partial charge in [0.1, 0.15) is 5.69 Å². The van der Waals surface area contributed by atoms with Crippen LogP contribution in [0, 0.1) is 6.92 Å². The largest absolute Gasteiger partial charge is 0.352 e. The molecule has 0 aliphatic heterocycles. The molecule has 146 valence electrons. The Morgan fingerprint density at radius 3 is 2.50 bits per heavy atom. The molecule has 0 bridgehead atoms. The molecule has 0 spiro atoms. The summed E-state index contributed by atoms with van der Waals surface area (Å²) >= 11 is 1.41. The van der Waals surface area contributed by atoms with E-state index in [-0.39, 0.29) is 17.7 Å². The monoisotopic (exact) mass is 399 g/mol. The Kier molecular flexibility index (Phi) is 5.65. The Bertz CT molecular complexity index is 1040. The quantitative estimate of drug-likeness (QED) is 0.591. The molecule has 0 radical (unpaired) electrons. The molecule has 3 rings (SSSR count). The fourth-order valence-corrected chi connectivity index (χ4v) is 3.75. The number of thiophene rings is 1. The first-order valence-electron chi connectivity index (χ1n) is 8.61. The van der Waals surface area contributed by atoms with Crippen LogP contribution in [0.25, 0.3) is 5.69 Å². The SMILES string of the molecule is Cc1c(NC(=O)CC(NC(N)=O)c2cccs2)c(=O)n(-c2ccccc2)n1C. The van der Waals surface area contributed by atoms with E-state index in [4.69, 9.17) is 5.73 Å². The van der Waals surface area contributed by atoms with Crippen molar-refractivity contribution in [2.45, 2.75) is 19.4 Å². The lowest BCUT2D eigenvalue weighted by Gasteiger charge is -2.15. The number of nitrogens with one attached hydrogen (secondary N) is 2. The summed E-state index contributed by atoms with van der Waals surface area (Å²) < 4.78 is 3.18. The van der Waals surface area contributed by atoms with E-state index in [1.54, 1.807) is 18.7 Å². The lowest BCUT2D eigenvalue weighted by molar-refractivity contribution is -0.116. The molecule has 4 N–H and O–H groups in total. The molecule has 0 saturated carbocycles. The van der Waals surface area contributed by atoms with Gasteiger partial charge in [-0.15, -0.1) is 11.3 Å². The minimum Gasteiger partial charge on any atom is -0.352 e. The summed E-state index contributed by atoms with van der Waals surface area (Å²) in [6.07, 6.45) is -0.0391. The molecule has 28 heavy (non-hydrogen) atoms. The van der Waals surface area contributed by atoms with Crippen LogP contribution in [0.2, 0.25) is 0 Å². The molecule has 0 aliphatic carbocycles. The fraction of sp³-hybridized carbons (Fsp3) is 0.211. The number of nitrogens with two attached hydrogens (primary N) is 1. The summed E-state index contributed by atoms with van der Waals surface area (Å²) in [5.74, 6) is -0.391. The zero-order chi connectivity index (χ0) is 20.3. The van der Waals surface area contributed by atoms with Gasteiger partial charge >= 0.3 is 6.03 Å². The molecule has 8 nitrogen and oxygen atoms in total. The van der Waals surface area contributed by atoms with Crippen LogP contribution in [0.3, 0.4) is 0 Å². The highest BCUT2D eigenvalue weighted by molar-refractivity contribution is 7.10. The lowest BCUT2D eigenvalue weighted by atomic mass is 10.1. The maximum atomic E-state index is 12.9. The van der Waals surface area contributed by atoms with Gasteiger partial charge in [0.05, 0.1) is 23.8 Å². The van der Waals surface area contributed by atoms with Gasteiger partial charge in [-0.25, -0.2) is 9.48 Å². The molecule has 0 aliphatic rings. The van der Waals surface area contributed by atoms with Crippen molar-refractivity contribution in [3.05, 3.63) is 68.8 Å². The Morgan fingerprint density at radius 2 is 1.89 bits per heavy atom. The van der Waals surface area contributed by atoms with Crippen molar-refractivity contribution in [1.29, 1.82) is 0 Å². The second-order valence-corrected chi connectivity index (χ2v) is 7.24. The van der Waals surface area contributed by atoms with Gasteiger partial charge in [-0.1, -0.05) is 24.3 Å². The van der Waals surface area contributed by atoms with Crippen LogP contribution < -0.4 is 21.9 Å². The van der Waals surface area contributed by atoms with Crippen LogP contribution in [-0.2, 0) is 11.8 Å². The van der Waals surface area contributed by atoms with Gasteiger partial charge in [-0.05, 0) is 30.5 Å². The van der Waals surface area contributed by atoms with Crippen LogP contribution >= 0.6 is 11.3 Å². The van der Waals surface area contributed by atoms with Gasteiger partial charge in [-0.2, -0.15) is 0 Å². The lowest BCUT2D eigenvalue weighted by Crippen LogP contribution is -2.35. The fourth-order valence-electron chi connectivity index (χ4n) is 2.97. The number of nitrogens with zero attached hydrogens (tertiary/aromatic N) is 2. The third-order valence-corrected chi connectivity index (χ3v) is 5.40. The van der Waals surface area contributed by atoms with Crippen molar-refractivity contribution < 1.29 is 9.59 Å². The summed E-state index contributed by atoms with van der Waals surface area (Å²) in [5.41, 5.74) is 6.44. The number of rotatable bonds is 6. The molecule has 3 aromatic rings. The summed E-state index contributed by atoms with van der Waals surface area (Å²) in [4.78, 5) is 37.6. The zero-order valence-electron chi connectivity index (χ0n) is 15.5. The first kappa shape index (κ1) is 19.4. The molecule has 9 heteroatoms. The second kappa shape index (κ2) is 8.13. The minimum atomic E-state index is -0.714. The van der Waals surface area contributed by atoms with Crippen LogP contribution in [0.1, 0.15) is 23.0 Å². The van der Waals surface area contributed by atoms with Crippen LogP contribution in [0.5, 0.6) is 0 Å². The number of hydrogen-bond acceptors (Lipinski definition) is 4. The highest BCUT2D eigenvalue weighted by Gasteiger charge is 2.22. The van der Waals surface area contributed by atoms with Gasteiger partial charge in [0.2, 0.25) is 5.91 Å². The first-order valence-corrected chi connectivity index (χ1v) is 9.49. The maximum absolute atomic E-state index is 12.9. The molecule has 1 unspecified atom stereocenters. The smallest absolute Gasteiger partial charge is 0.312 e. The third-order valence-electron chi connectivity index (χ3n) is 4.41. The molecule has 0 fully saturated rings. The van der Waals surface area contributed by atoms with Crippen molar-refractivity contribution in [3.63, 3.8) is 0 Å². The normalized spacial score (nSPS) is 11.8. The number of aromatic nitrogens is 2. The minimum absolute atomic E-state index is 0.0391. The summed E-state index contributed by atoms with van der Waals surface area (Å²) in [6.45, 7) is 1.76. The number of carbonyl (C=O) groups excluding carboxylic acids is 2. The third kappa shape index (κ3) is 3.99. The van der Waals surface area contributed by atoms with E-state index >= 15 is 0 Å². The molecular formula is C19H21N5O3S. The topological polar surface area (TPSA) is 111 Å². The number of benzene rings is 1. The Labute approximate surface area is 165 Å². The van der Waals surface area contributed by atoms with Gasteiger partial charge in [0.25, 0.3) is 5.56 Å². The van der Waals surface area contributed by atoms with Gasteiger partial charge in [0, 0.05) is 11.9 Å². The first-order chi connectivity index (χ1) is 13.4. The summed E-state index contributed by atoms with van der Waals surface area (Å²) in [7, 11) is 1.75. The highest BCUT2D eigenvalue weighted by Crippen LogP contribution is 2.23. The number of para-hydroxylation sites is 1. The van der Waals surface area contributed by atoms with Gasteiger partial charge in [0.15, 0.2) is 0 Å². The van der Waals surface area contributed by atoms with E-state index in [1.165, 1.54) is 16.0 Å². The molecule has 2 aromatic heterocycles. The number of urea groups is 1. The predicted octanol–water partition coefficient (Wildman–Crippen LogP) is 2.28. The van der Waals surface area contributed by atoms with E-state index in [9.17, 15) is 14.4 Å². The molecule has 1 aromatic carbocycles. The van der Waals surface area contributed by atoms with Crippen molar-refractivity contribution in [3.8, 4) is 5.69 Å². The van der Waals surface area contributed by atoms with E-state index in [0.29, 0.717) is 11.4 Å². The molecular weight excluding hydrogens is 378 g/mol. The predicted molar refractivity (Wildman–Crippen MR) is 109 cm³/mol. The van der Waals surface area contributed by atoms with E-state index < -0.39 is 18.0 Å². The number of primary amides is 1. The molecule has 3 amide bonds. The van der Waals surface area contributed by atoms with Crippen LogP contribution in [0.15, 0.2) is 52.6 Å². The highest BCUT2D eigenvalue weighted by atomic mass is 32.1. The Balaban J connectivity index is 1.84. The number of carbonyl (C=O) groups is 2.